The molecule has 102 valence electrons. The van der Waals surface area contributed by atoms with Gasteiger partial charge in [0.2, 0.25) is 11.7 Å². The zero-order valence-corrected chi connectivity index (χ0v) is 10.8. The SMILES string of the molecule is Nc1nc(Cl)nc(NC2(CO)C=CCC2)c1NC=O. The molecular formula is C11H14ClN5O2. The van der Waals surface area contributed by atoms with E-state index in [0.29, 0.717) is 12.8 Å². The number of nitrogens with one attached hydrogen (secondary N) is 2. The molecule has 0 saturated carbocycles. The number of aliphatic hydroxyl groups excluding tert-OH is 1. The molecule has 1 amide bonds. The number of nitrogen functional groups attached to an aromatic ring is 1. The Balaban J connectivity index is 2.37. The number of allylic oxidation sites excluding steroid dienone is 1. The van der Waals surface area contributed by atoms with Gasteiger partial charge in [0.1, 0.15) is 5.69 Å². The molecule has 7 nitrogen and oxygen atoms in total. The van der Waals surface area contributed by atoms with Crippen molar-refractivity contribution in [1.29, 1.82) is 0 Å². The van der Waals surface area contributed by atoms with Crippen molar-refractivity contribution in [3.05, 3.63) is 17.4 Å². The third kappa shape index (κ3) is 2.77. The number of nitrogens with zero attached hydrogens (tertiary/aromatic N) is 2. The number of carbonyl (C=O) groups excluding carboxylic acids is 1. The van der Waals surface area contributed by atoms with Gasteiger partial charge in [-0.05, 0) is 24.4 Å². The number of anilines is 3. The quantitative estimate of drug-likeness (QED) is 0.361. The topological polar surface area (TPSA) is 113 Å². The Morgan fingerprint density at radius 3 is 2.95 bits per heavy atom. The molecule has 5 N–H and O–H groups in total. The summed E-state index contributed by atoms with van der Waals surface area (Å²) in [6.07, 6.45) is 5.86. The van der Waals surface area contributed by atoms with Gasteiger partial charge >= 0.3 is 0 Å². The summed E-state index contributed by atoms with van der Waals surface area (Å²) >= 11 is 5.76. The van der Waals surface area contributed by atoms with Crippen molar-refractivity contribution >= 4 is 35.3 Å². The molecule has 8 heteroatoms. The summed E-state index contributed by atoms with van der Waals surface area (Å²) in [6.45, 7) is -0.106. The van der Waals surface area contributed by atoms with Crippen LogP contribution >= 0.6 is 11.6 Å². The molecule has 1 unspecified atom stereocenters. The lowest BCUT2D eigenvalue weighted by molar-refractivity contribution is -0.105. The highest BCUT2D eigenvalue weighted by molar-refractivity contribution is 6.28. The summed E-state index contributed by atoms with van der Waals surface area (Å²) in [5.41, 5.74) is 5.31. The number of hydrogen-bond acceptors (Lipinski definition) is 6. The summed E-state index contributed by atoms with van der Waals surface area (Å²) in [7, 11) is 0. The Labute approximate surface area is 114 Å². The number of hydrogen-bond donors (Lipinski definition) is 4. The van der Waals surface area contributed by atoms with Crippen molar-refractivity contribution in [2.45, 2.75) is 18.4 Å². The fourth-order valence-electron chi connectivity index (χ4n) is 1.99. The highest BCUT2D eigenvalue weighted by Gasteiger charge is 2.30. The van der Waals surface area contributed by atoms with Gasteiger partial charge in [-0.15, -0.1) is 0 Å². The van der Waals surface area contributed by atoms with Crippen molar-refractivity contribution in [3.63, 3.8) is 0 Å². The number of aromatic nitrogens is 2. The molecule has 0 spiro atoms. The van der Waals surface area contributed by atoms with E-state index < -0.39 is 5.54 Å². The van der Waals surface area contributed by atoms with Crippen molar-refractivity contribution in [2.75, 3.05) is 23.0 Å². The van der Waals surface area contributed by atoms with Crippen LogP contribution in [-0.2, 0) is 4.79 Å². The summed E-state index contributed by atoms with van der Waals surface area (Å²) < 4.78 is 0. The number of rotatable bonds is 5. The van der Waals surface area contributed by atoms with Gasteiger partial charge in [-0.3, -0.25) is 4.79 Å². The third-order valence-electron chi connectivity index (χ3n) is 2.96. The van der Waals surface area contributed by atoms with E-state index in [1.807, 2.05) is 12.2 Å². The minimum absolute atomic E-state index is 0.0356. The zero-order valence-electron chi connectivity index (χ0n) is 10.1. The van der Waals surface area contributed by atoms with Crippen LogP contribution in [0.4, 0.5) is 17.3 Å². The maximum atomic E-state index is 10.6. The van der Waals surface area contributed by atoms with Crippen molar-refractivity contribution in [2.24, 2.45) is 0 Å². The van der Waals surface area contributed by atoms with Crippen LogP contribution in [0.3, 0.4) is 0 Å². The summed E-state index contributed by atoms with van der Waals surface area (Å²) in [4.78, 5) is 18.4. The zero-order chi connectivity index (χ0) is 13.9. The largest absolute Gasteiger partial charge is 0.394 e. The van der Waals surface area contributed by atoms with Gasteiger partial charge in [-0.1, -0.05) is 12.2 Å². The number of aliphatic hydroxyl groups is 1. The number of amides is 1. The van der Waals surface area contributed by atoms with Crippen LogP contribution in [0.2, 0.25) is 5.28 Å². The molecule has 1 heterocycles. The van der Waals surface area contributed by atoms with E-state index in [-0.39, 0.29) is 29.2 Å². The minimum Gasteiger partial charge on any atom is -0.394 e. The van der Waals surface area contributed by atoms with Gasteiger partial charge in [-0.25, -0.2) is 0 Å². The second-order valence-electron chi connectivity index (χ2n) is 4.24. The van der Waals surface area contributed by atoms with E-state index in [1.54, 1.807) is 0 Å². The predicted octanol–water partition coefficient (Wildman–Crippen LogP) is 0.773. The monoisotopic (exact) mass is 283 g/mol. The van der Waals surface area contributed by atoms with Crippen LogP contribution < -0.4 is 16.4 Å². The van der Waals surface area contributed by atoms with E-state index in [4.69, 9.17) is 17.3 Å². The van der Waals surface area contributed by atoms with E-state index in [1.165, 1.54) is 0 Å². The molecule has 1 aliphatic rings. The normalized spacial score (nSPS) is 21.4. The molecule has 0 aliphatic heterocycles. The van der Waals surface area contributed by atoms with Gasteiger partial charge < -0.3 is 21.5 Å². The molecule has 0 bridgehead atoms. The van der Waals surface area contributed by atoms with Gasteiger partial charge in [0, 0.05) is 0 Å². The van der Waals surface area contributed by atoms with Crippen LogP contribution in [0, 0.1) is 0 Å². The molecule has 1 aromatic rings. The van der Waals surface area contributed by atoms with Crippen molar-refractivity contribution in [3.8, 4) is 0 Å². The Hall–Kier alpha value is -1.86. The van der Waals surface area contributed by atoms with E-state index >= 15 is 0 Å². The average molecular weight is 284 g/mol. The second-order valence-corrected chi connectivity index (χ2v) is 4.58. The van der Waals surface area contributed by atoms with Crippen molar-refractivity contribution in [1.82, 2.24) is 9.97 Å². The molecule has 2 rings (SSSR count). The standard InChI is InChI=1S/C11H14ClN5O2/c12-10-15-8(13)7(14-6-19)9(16-10)17-11(5-18)3-1-2-4-11/h1,3,6,18H,2,4-5H2,(H,14,19)(H3,13,15,16,17). The Morgan fingerprint density at radius 2 is 2.37 bits per heavy atom. The number of nitrogens with two attached hydrogens (primary N) is 1. The van der Waals surface area contributed by atoms with E-state index in [0.717, 1.165) is 6.42 Å². The van der Waals surface area contributed by atoms with Gasteiger partial charge in [0.05, 0.1) is 12.1 Å². The van der Waals surface area contributed by atoms with Crippen LogP contribution in [-0.4, -0.2) is 33.6 Å². The molecule has 0 radical (unpaired) electrons. The molecule has 0 aromatic carbocycles. The fourth-order valence-corrected chi connectivity index (χ4v) is 2.16. The lowest BCUT2D eigenvalue weighted by atomic mass is 10.0. The van der Waals surface area contributed by atoms with Gasteiger partial charge in [-0.2, -0.15) is 9.97 Å². The number of halogens is 1. The maximum absolute atomic E-state index is 10.6. The Morgan fingerprint density at radius 1 is 1.58 bits per heavy atom. The third-order valence-corrected chi connectivity index (χ3v) is 3.13. The van der Waals surface area contributed by atoms with Crippen LogP contribution in [0.25, 0.3) is 0 Å². The highest BCUT2D eigenvalue weighted by atomic mass is 35.5. The first kappa shape index (κ1) is 13.6. The summed E-state index contributed by atoms with van der Waals surface area (Å²) in [6, 6.07) is 0. The average Bonchev–Trinajstić information content (AvgIpc) is 2.83. The van der Waals surface area contributed by atoms with Crippen LogP contribution in [0.5, 0.6) is 0 Å². The molecule has 19 heavy (non-hydrogen) atoms. The molecule has 0 saturated heterocycles. The Bertz CT molecular complexity index is 522. The van der Waals surface area contributed by atoms with Gasteiger partial charge in [0.25, 0.3) is 0 Å². The Kier molecular flexibility index (Phi) is 3.87. The molecule has 1 aliphatic carbocycles. The van der Waals surface area contributed by atoms with Crippen LogP contribution in [0.1, 0.15) is 12.8 Å². The first-order valence-corrected chi connectivity index (χ1v) is 6.08. The predicted molar refractivity (Wildman–Crippen MR) is 73.0 cm³/mol. The minimum atomic E-state index is -0.622. The van der Waals surface area contributed by atoms with Gasteiger partial charge in [0.15, 0.2) is 11.6 Å². The summed E-state index contributed by atoms with van der Waals surface area (Å²) in [5.74, 6) is 0.342. The van der Waals surface area contributed by atoms with Crippen LogP contribution in [0.15, 0.2) is 12.2 Å². The molecular weight excluding hydrogens is 270 g/mol. The smallest absolute Gasteiger partial charge is 0.226 e. The summed E-state index contributed by atoms with van der Waals surface area (Å²) in [5, 5.41) is 15.0. The first-order valence-electron chi connectivity index (χ1n) is 5.70. The van der Waals surface area contributed by atoms with Crippen molar-refractivity contribution < 1.29 is 9.90 Å². The highest BCUT2D eigenvalue weighted by Crippen LogP contribution is 2.32. The molecule has 1 aromatic heterocycles. The second kappa shape index (κ2) is 5.41. The lowest BCUT2D eigenvalue weighted by Crippen LogP contribution is -2.38. The van der Waals surface area contributed by atoms with E-state index in [9.17, 15) is 9.90 Å². The molecule has 0 fully saturated rings. The lowest BCUT2D eigenvalue weighted by Gasteiger charge is -2.28. The fraction of sp³-hybridized carbons (Fsp3) is 0.364. The number of carbonyl (C=O) groups is 1. The molecule has 1 atom stereocenters. The maximum Gasteiger partial charge on any atom is 0.226 e. The van der Waals surface area contributed by atoms with E-state index in [2.05, 4.69) is 20.6 Å². The first-order chi connectivity index (χ1) is 9.10.